The molecule has 200 valence electrons. The van der Waals surface area contributed by atoms with Crippen molar-refractivity contribution in [3.63, 3.8) is 0 Å². The van der Waals surface area contributed by atoms with E-state index in [-0.39, 0.29) is 17.7 Å². The largest absolute Gasteiger partial charge is 0.613 e. The average molecular weight is 531 g/mol. The first kappa shape index (κ1) is 28.1. The number of imidazole rings is 1. The fraction of sp³-hybridized carbons (Fsp3) is 0.714. The summed E-state index contributed by atoms with van der Waals surface area (Å²) in [5, 5.41) is 13.1. The summed E-state index contributed by atoms with van der Waals surface area (Å²) in [6.45, 7) is 8.35. The zero-order valence-corrected chi connectivity index (χ0v) is 22.1. The molecule has 0 aliphatic carbocycles. The molecule has 2 aromatic rings. The molecule has 1 saturated heterocycles. The second-order valence-corrected chi connectivity index (χ2v) is 10.2. The van der Waals surface area contributed by atoms with Crippen LogP contribution in [-0.4, -0.2) is 80.8 Å². The quantitative estimate of drug-likeness (QED) is 0.285. The van der Waals surface area contributed by atoms with Crippen molar-refractivity contribution < 1.29 is 32.9 Å². The van der Waals surface area contributed by atoms with Gasteiger partial charge in [-0.25, -0.2) is 9.37 Å². The minimum absolute atomic E-state index is 0.0191. The molecule has 0 aromatic carbocycles. The van der Waals surface area contributed by atoms with Crippen molar-refractivity contribution in [3.05, 3.63) is 6.33 Å². The van der Waals surface area contributed by atoms with Crippen molar-refractivity contribution in [1.29, 1.82) is 0 Å². The number of nitrogens with two attached hydrogens (primary N) is 1. The summed E-state index contributed by atoms with van der Waals surface area (Å²) in [5.41, 5.74) is 4.29. The minimum atomic E-state index is -2.53. The van der Waals surface area contributed by atoms with Crippen LogP contribution in [0.25, 0.3) is 11.2 Å². The smallest absolute Gasteiger partial charge is 0.462 e. The van der Waals surface area contributed by atoms with Crippen LogP contribution in [0.4, 0.5) is 16.2 Å². The van der Waals surface area contributed by atoms with Crippen LogP contribution in [-0.2, 0) is 23.4 Å². The molecule has 13 nitrogen and oxygen atoms in total. The summed E-state index contributed by atoms with van der Waals surface area (Å²) in [6.07, 6.45) is -2.22. The van der Waals surface area contributed by atoms with E-state index in [1.165, 1.54) is 24.7 Å². The number of nitrogens with zero attached hydrogens (tertiary/aromatic N) is 5. The van der Waals surface area contributed by atoms with E-state index in [0.717, 1.165) is 6.42 Å². The van der Waals surface area contributed by atoms with Crippen LogP contribution < -0.4 is 15.7 Å². The molecule has 3 rings (SSSR count). The number of carbonyl (C=O) groups excluding carboxylic acids is 1. The van der Waals surface area contributed by atoms with Gasteiger partial charge in [0.2, 0.25) is 5.95 Å². The minimum Gasteiger partial charge on any atom is -0.462 e. The van der Waals surface area contributed by atoms with E-state index in [4.69, 9.17) is 19.7 Å². The molecule has 36 heavy (non-hydrogen) atoms. The Labute approximate surface area is 209 Å². The highest BCUT2D eigenvalue weighted by atomic mass is 31.1. The molecule has 1 aliphatic rings. The number of rotatable bonds is 11. The van der Waals surface area contributed by atoms with Crippen molar-refractivity contribution in [2.45, 2.75) is 77.3 Å². The zero-order valence-electron chi connectivity index (χ0n) is 21.2. The number of nitrogens with one attached hydrogen (secondary N) is 1. The zero-order chi connectivity index (χ0) is 26.8. The van der Waals surface area contributed by atoms with Gasteiger partial charge in [-0.1, -0.05) is 12.0 Å². The van der Waals surface area contributed by atoms with E-state index in [9.17, 15) is 14.5 Å². The van der Waals surface area contributed by atoms with Gasteiger partial charge in [-0.2, -0.15) is 9.97 Å². The summed E-state index contributed by atoms with van der Waals surface area (Å²) in [6, 6.07) is -0.896. The summed E-state index contributed by atoms with van der Waals surface area (Å²) in [7, 11) is -0.689. The van der Waals surface area contributed by atoms with Crippen molar-refractivity contribution >= 4 is 37.1 Å². The number of aliphatic hydroxyl groups excluding tert-OH is 1. The summed E-state index contributed by atoms with van der Waals surface area (Å²) in [5.74, 6) is -0.123. The van der Waals surface area contributed by atoms with Gasteiger partial charge in [-0.3, -0.25) is 9.36 Å². The van der Waals surface area contributed by atoms with Gasteiger partial charge >= 0.3 is 14.1 Å². The fourth-order valence-corrected chi connectivity index (χ4v) is 4.65. The van der Waals surface area contributed by atoms with Crippen LogP contribution in [0.3, 0.4) is 0 Å². The lowest BCUT2D eigenvalue weighted by molar-refractivity contribution is -0.149. The van der Waals surface area contributed by atoms with E-state index in [1.807, 2.05) is 18.9 Å². The number of carbonyl (C=O) groups is 1. The van der Waals surface area contributed by atoms with Crippen LogP contribution >= 0.6 is 8.18 Å². The standard InChI is InChI=1S/C21H34FN7O6P/c1-7-8-28(6)16-14-17(26-20(23)25-16)29(10-24-14)19-21(5,22)15(30)13(35-19)9-33-36(32)27-12(4)18(31)34-11(2)3/h10-13,15,19,30H,7-9H2,1-6H3,(H,27,32)(H2,23,25,26)/q+1/t12-,13?,15+,19+,21+/m0/s1. The van der Waals surface area contributed by atoms with Gasteiger partial charge in [-0.15, -0.1) is 4.52 Å². The molecule has 1 fully saturated rings. The first-order valence-corrected chi connectivity index (χ1v) is 12.8. The Morgan fingerprint density at radius 3 is 2.78 bits per heavy atom. The number of esters is 1. The van der Waals surface area contributed by atoms with E-state index >= 15 is 4.39 Å². The van der Waals surface area contributed by atoms with Crippen LogP contribution in [0.2, 0.25) is 0 Å². The second kappa shape index (κ2) is 11.3. The molecule has 0 bridgehead atoms. The molecule has 0 spiro atoms. The Morgan fingerprint density at radius 1 is 1.44 bits per heavy atom. The van der Waals surface area contributed by atoms with Gasteiger partial charge < -0.3 is 25.2 Å². The van der Waals surface area contributed by atoms with Crippen LogP contribution in [0.5, 0.6) is 0 Å². The number of alkyl halides is 1. The number of aliphatic hydroxyl groups is 1. The number of anilines is 2. The van der Waals surface area contributed by atoms with Crippen molar-refractivity contribution in [3.8, 4) is 0 Å². The Morgan fingerprint density at radius 2 is 2.14 bits per heavy atom. The molecular formula is C21H34FN7O6P+. The van der Waals surface area contributed by atoms with Crippen molar-refractivity contribution in [1.82, 2.24) is 24.6 Å². The maximum absolute atomic E-state index is 15.7. The third-order valence-corrected chi connectivity index (χ3v) is 6.65. The van der Waals surface area contributed by atoms with E-state index in [1.54, 1.807) is 13.8 Å². The van der Waals surface area contributed by atoms with Gasteiger partial charge in [0.1, 0.15) is 24.9 Å². The van der Waals surface area contributed by atoms with Crippen molar-refractivity contribution in [2.24, 2.45) is 0 Å². The first-order valence-electron chi connectivity index (χ1n) is 11.7. The van der Waals surface area contributed by atoms with Gasteiger partial charge in [0.05, 0.1) is 12.4 Å². The number of aromatic nitrogens is 4. The third kappa shape index (κ3) is 5.89. The summed E-state index contributed by atoms with van der Waals surface area (Å²) >= 11 is 0. The third-order valence-electron chi connectivity index (χ3n) is 5.67. The highest BCUT2D eigenvalue weighted by Gasteiger charge is 2.56. The fourth-order valence-electron chi connectivity index (χ4n) is 3.87. The maximum atomic E-state index is 15.7. The molecule has 15 heteroatoms. The van der Waals surface area contributed by atoms with Gasteiger partial charge in [0.25, 0.3) is 0 Å². The molecule has 4 N–H and O–H groups in total. The highest BCUT2D eigenvalue weighted by Crippen LogP contribution is 2.43. The maximum Gasteiger partial charge on any atom is 0.613 e. The summed E-state index contributed by atoms with van der Waals surface area (Å²) < 4.78 is 45.4. The molecule has 0 saturated carbocycles. The highest BCUT2D eigenvalue weighted by molar-refractivity contribution is 7.36. The topological polar surface area (TPSA) is 167 Å². The Hall–Kier alpha value is -2.51. The monoisotopic (exact) mass is 530 g/mol. The second-order valence-electron chi connectivity index (χ2n) is 9.16. The average Bonchev–Trinajstić information content (AvgIpc) is 3.29. The molecule has 3 heterocycles. The predicted molar refractivity (Wildman–Crippen MR) is 130 cm³/mol. The van der Waals surface area contributed by atoms with Crippen LogP contribution in [0.15, 0.2) is 6.33 Å². The SMILES string of the molecule is CCCN(C)c1nc(N)nc2c1ncn2[C@@H]1OC(CO[P+](=O)N[C@@H](C)C(=O)OC(C)C)[C@@H](O)[C@@]1(C)F. The number of nitrogen functional groups attached to an aromatic ring is 1. The molecule has 2 unspecified atom stereocenters. The number of halogens is 1. The lowest BCUT2D eigenvalue weighted by Gasteiger charge is -2.24. The number of ether oxygens (including phenoxy) is 2. The molecule has 0 radical (unpaired) electrons. The summed E-state index contributed by atoms with van der Waals surface area (Å²) in [4.78, 5) is 26.6. The Bertz CT molecular complexity index is 1100. The normalized spacial score (nSPS) is 25.4. The van der Waals surface area contributed by atoms with Crippen LogP contribution in [0.1, 0.15) is 47.3 Å². The number of hydrogen-bond donors (Lipinski definition) is 3. The number of hydrogen-bond acceptors (Lipinski definition) is 11. The van der Waals surface area contributed by atoms with Gasteiger partial charge in [0.15, 0.2) is 28.9 Å². The van der Waals surface area contributed by atoms with E-state index < -0.39 is 50.9 Å². The lowest BCUT2D eigenvalue weighted by Crippen LogP contribution is -2.40. The van der Waals surface area contributed by atoms with Crippen LogP contribution in [0, 0.1) is 0 Å². The van der Waals surface area contributed by atoms with E-state index in [2.05, 4.69) is 20.0 Å². The molecule has 2 aromatic heterocycles. The predicted octanol–water partition coefficient (Wildman–Crippen LogP) is 1.84. The van der Waals surface area contributed by atoms with Gasteiger partial charge in [-0.05, 0) is 38.7 Å². The van der Waals surface area contributed by atoms with Gasteiger partial charge in [0, 0.05) is 13.6 Å². The Balaban J connectivity index is 1.75. The Kier molecular flexibility index (Phi) is 8.78. The van der Waals surface area contributed by atoms with E-state index in [0.29, 0.717) is 17.9 Å². The molecule has 0 amide bonds. The van der Waals surface area contributed by atoms with Crippen molar-refractivity contribution in [2.75, 3.05) is 30.8 Å². The number of fused-ring (bicyclic) bond motifs is 1. The lowest BCUT2D eigenvalue weighted by atomic mass is 9.98. The molecular weight excluding hydrogens is 496 g/mol. The first-order chi connectivity index (χ1) is 16.9. The molecule has 1 aliphatic heterocycles. The molecule has 6 atom stereocenters.